The van der Waals surface area contributed by atoms with Crippen molar-refractivity contribution in [1.82, 2.24) is 10.4 Å². The van der Waals surface area contributed by atoms with E-state index in [4.69, 9.17) is 5.84 Å². The Balaban J connectivity index is 2.34. The summed E-state index contributed by atoms with van der Waals surface area (Å²) in [5, 5.41) is 1.09. The molecule has 1 aromatic heterocycles. The maximum absolute atomic E-state index is 5.79. The molecule has 3 nitrogen and oxygen atoms in total. The highest BCUT2D eigenvalue weighted by Gasteiger charge is 2.18. The van der Waals surface area contributed by atoms with Crippen molar-refractivity contribution >= 4 is 11.3 Å². The number of aromatic nitrogens is 1. The first-order valence-corrected chi connectivity index (χ1v) is 7.70. The molecule has 1 unspecified atom stereocenters. The van der Waals surface area contributed by atoms with Gasteiger partial charge in [0.05, 0.1) is 16.7 Å². The van der Waals surface area contributed by atoms with Crippen LogP contribution >= 0.6 is 11.3 Å². The molecule has 1 aromatic carbocycles. The van der Waals surface area contributed by atoms with E-state index in [0.717, 1.165) is 17.1 Å². The number of hydrogen-bond donors (Lipinski definition) is 2. The third-order valence-corrected chi connectivity index (χ3v) is 4.89. The summed E-state index contributed by atoms with van der Waals surface area (Å²) in [7, 11) is 0. The molecule has 108 valence electrons. The number of nitrogens with zero attached hydrogens (tertiary/aromatic N) is 1. The van der Waals surface area contributed by atoms with Gasteiger partial charge in [-0.3, -0.25) is 11.3 Å². The molecule has 0 fully saturated rings. The zero-order chi connectivity index (χ0) is 14.9. The third kappa shape index (κ3) is 3.08. The Bertz CT molecular complexity index is 593. The van der Waals surface area contributed by atoms with Crippen molar-refractivity contribution in [3.63, 3.8) is 0 Å². The second kappa shape index (κ2) is 6.04. The summed E-state index contributed by atoms with van der Waals surface area (Å²) in [6.45, 7) is 10.6. The van der Waals surface area contributed by atoms with Crippen LogP contribution in [0.3, 0.4) is 0 Å². The van der Waals surface area contributed by atoms with Crippen LogP contribution in [-0.2, 0) is 6.42 Å². The van der Waals surface area contributed by atoms with Gasteiger partial charge in [-0.1, -0.05) is 17.7 Å². The Hall–Kier alpha value is -1.23. The molecule has 0 saturated carbocycles. The summed E-state index contributed by atoms with van der Waals surface area (Å²) in [5.74, 6) is 5.79. The number of aryl methyl sites for hydroxylation is 5. The van der Waals surface area contributed by atoms with Crippen LogP contribution in [0.25, 0.3) is 0 Å². The molecule has 0 aliphatic heterocycles. The smallest absolute Gasteiger partial charge is 0.0900 e. The molecule has 0 aliphatic carbocycles. The fraction of sp³-hybridized carbons (Fsp3) is 0.438. The molecule has 1 heterocycles. The summed E-state index contributed by atoms with van der Waals surface area (Å²) in [5.41, 5.74) is 9.40. The molecule has 4 heteroatoms. The lowest BCUT2D eigenvalue weighted by molar-refractivity contribution is 0.554. The standard InChI is InChI=1S/C16H23N3S/c1-9-6-10(2)14(11(3)7-9)8-15(19-17)16-12(4)18-13(5)20-16/h6-7,15,19H,8,17H2,1-5H3. The number of rotatable bonds is 4. The minimum absolute atomic E-state index is 0.126. The molecule has 3 N–H and O–H groups in total. The Morgan fingerprint density at radius 2 is 1.75 bits per heavy atom. The van der Waals surface area contributed by atoms with E-state index in [1.807, 2.05) is 6.92 Å². The quantitative estimate of drug-likeness (QED) is 0.669. The molecule has 20 heavy (non-hydrogen) atoms. The fourth-order valence-electron chi connectivity index (χ4n) is 2.83. The van der Waals surface area contributed by atoms with Crippen molar-refractivity contribution in [2.45, 2.75) is 47.1 Å². The predicted molar refractivity (Wildman–Crippen MR) is 86.0 cm³/mol. The van der Waals surface area contributed by atoms with Gasteiger partial charge in [0.1, 0.15) is 0 Å². The number of hydrazine groups is 1. The van der Waals surface area contributed by atoms with Crippen molar-refractivity contribution < 1.29 is 0 Å². The number of hydrogen-bond acceptors (Lipinski definition) is 4. The molecule has 0 spiro atoms. The maximum Gasteiger partial charge on any atom is 0.0900 e. The average Bonchev–Trinajstić information content (AvgIpc) is 2.67. The number of nitrogens with one attached hydrogen (secondary N) is 1. The van der Waals surface area contributed by atoms with E-state index < -0.39 is 0 Å². The number of thiazole rings is 1. The molecule has 0 amide bonds. The first-order chi connectivity index (χ1) is 9.42. The summed E-state index contributed by atoms with van der Waals surface area (Å²) in [6.07, 6.45) is 0.900. The lowest BCUT2D eigenvalue weighted by Gasteiger charge is -2.19. The van der Waals surface area contributed by atoms with Gasteiger partial charge in [0.2, 0.25) is 0 Å². The molecule has 0 saturated heterocycles. The average molecular weight is 289 g/mol. The van der Waals surface area contributed by atoms with Gasteiger partial charge in [-0.15, -0.1) is 11.3 Å². The van der Waals surface area contributed by atoms with Crippen LogP contribution in [0, 0.1) is 34.6 Å². The van der Waals surface area contributed by atoms with Crippen LogP contribution in [0.4, 0.5) is 0 Å². The molecular weight excluding hydrogens is 266 g/mol. The van der Waals surface area contributed by atoms with Crippen molar-refractivity contribution in [3.05, 3.63) is 50.0 Å². The normalized spacial score (nSPS) is 12.7. The zero-order valence-electron chi connectivity index (χ0n) is 12.9. The van der Waals surface area contributed by atoms with E-state index in [-0.39, 0.29) is 6.04 Å². The fourth-order valence-corrected chi connectivity index (χ4v) is 3.82. The Morgan fingerprint density at radius 1 is 1.15 bits per heavy atom. The van der Waals surface area contributed by atoms with Gasteiger partial charge in [-0.05, 0) is 57.7 Å². The molecule has 0 bridgehead atoms. The second-order valence-electron chi connectivity index (χ2n) is 5.48. The van der Waals surface area contributed by atoms with Crippen molar-refractivity contribution in [1.29, 1.82) is 0 Å². The Kier molecular flexibility index (Phi) is 4.58. The van der Waals surface area contributed by atoms with E-state index in [2.05, 4.69) is 50.2 Å². The summed E-state index contributed by atoms with van der Waals surface area (Å²) < 4.78 is 0. The topological polar surface area (TPSA) is 50.9 Å². The van der Waals surface area contributed by atoms with Crippen molar-refractivity contribution in [2.24, 2.45) is 5.84 Å². The highest BCUT2D eigenvalue weighted by Crippen LogP contribution is 2.29. The van der Waals surface area contributed by atoms with Crippen LogP contribution in [0.5, 0.6) is 0 Å². The summed E-state index contributed by atoms with van der Waals surface area (Å²) >= 11 is 1.73. The lowest BCUT2D eigenvalue weighted by atomic mass is 9.94. The third-order valence-electron chi connectivity index (χ3n) is 3.71. The molecule has 2 rings (SSSR count). The maximum atomic E-state index is 5.79. The largest absolute Gasteiger partial charge is 0.271 e. The Labute approximate surface area is 125 Å². The second-order valence-corrected chi connectivity index (χ2v) is 6.72. The highest BCUT2D eigenvalue weighted by atomic mass is 32.1. The van der Waals surface area contributed by atoms with Gasteiger partial charge < -0.3 is 0 Å². The van der Waals surface area contributed by atoms with Crippen molar-refractivity contribution in [3.8, 4) is 0 Å². The van der Waals surface area contributed by atoms with E-state index in [0.29, 0.717) is 0 Å². The van der Waals surface area contributed by atoms with Crippen LogP contribution in [0.1, 0.15) is 43.9 Å². The van der Waals surface area contributed by atoms with E-state index in [9.17, 15) is 0 Å². The number of nitrogens with two attached hydrogens (primary N) is 1. The minimum atomic E-state index is 0.126. The van der Waals surface area contributed by atoms with Crippen LogP contribution in [-0.4, -0.2) is 4.98 Å². The monoisotopic (exact) mass is 289 g/mol. The van der Waals surface area contributed by atoms with Crippen LogP contribution in [0.2, 0.25) is 0 Å². The molecule has 0 aliphatic rings. The van der Waals surface area contributed by atoms with Gasteiger partial charge in [-0.2, -0.15) is 0 Å². The molecule has 0 radical (unpaired) electrons. The molecular formula is C16H23N3S. The highest BCUT2D eigenvalue weighted by molar-refractivity contribution is 7.11. The lowest BCUT2D eigenvalue weighted by Crippen LogP contribution is -2.29. The SMILES string of the molecule is Cc1cc(C)c(CC(NN)c2sc(C)nc2C)c(C)c1. The summed E-state index contributed by atoms with van der Waals surface area (Å²) in [4.78, 5) is 5.74. The predicted octanol–water partition coefficient (Wildman–Crippen LogP) is 3.43. The van der Waals surface area contributed by atoms with Crippen molar-refractivity contribution in [2.75, 3.05) is 0 Å². The molecule has 2 aromatic rings. The first kappa shape index (κ1) is 15.2. The van der Waals surface area contributed by atoms with E-state index in [1.165, 1.54) is 27.1 Å². The van der Waals surface area contributed by atoms with Gasteiger partial charge in [0.25, 0.3) is 0 Å². The van der Waals surface area contributed by atoms with E-state index in [1.54, 1.807) is 11.3 Å². The van der Waals surface area contributed by atoms with Gasteiger partial charge in [0, 0.05) is 4.88 Å². The molecule has 1 atom stereocenters. The first-order valence-electron chi connectivity index (χ1n) is 6.89. The summed E-state index contributed by atoms with van der Waals surface area (Å²) in [6, 6.07) is 4.60. The Morgan fingerprint density at radius 3 is 2.20 bits per heavy atom. The van der Waals surface area contributed by atoms with Crippen LogP contribution in [0.15, 0.2) is 12.1 Å². The van der Waals surface area contributed by atoms with Crippen LogP contribution < -0.4 is 11.3 Å². The van der Waals surface area contributed by atoms with Gasteiger partial charge in [0.15, 0.2) is 0 Å². The number of benzene rings is 1. The van der Waals surface area contributed by atoms with E-state index >= 15 is 0 Å². The zero-order valence-corrected chi connectivity index (χ0v) is 13.7. The van der Waals surface area contributed by atoms with Gasteiger partial charge in [-0.25, -0.2) is 4.98 Å². The van der Waals surface area contributed by atoms with Gasteiger partial charge >= 0.3 is 0 Å². The minimum Gasteiger partial charge on any atom is -0.271 e.